The molecule has 0 heterocycles. The highest BCUT2D eigenvalue weighted by Gasteiger charge is 2.14. The fourth-order valence-corrected chi connectivity index (χ4v) is 1.91. The van der Waals surface area contributed by atoms with E-state index < -0.39 is 6.04 Å². The van der Waals surface area contributed by atoms with Crippen LogP contribution in [0.1, 0.15) is 22.7 Å². The Bertz CT molecular complexity index is 628. The smallest absolute Gasteiger partial charge is 0.241 e. The van der Waals surface area contributed by atoms with Gasteiger partial charge in [0.15, 0.2) is 0 Å². The summed E-state index contributed by atoms with van der Waals surface area (Å²) in [4.78, 5) is 12.0. The number of rotatable bonds is 5. The van der Waals surface area contributed by atoms with Crippen LogP contribution in [0.2, 0.25) is 0 Å². The molecule has 0 bridgehead atoms. The first-order chi connectivity index (χ1) is 10.1. The number of amides is 1. The van der Waals surface area contributed by atoms with Crippen LogP contribution in [0.5, 0.6) is 0 Å². The lowest BCUT2D eigenvalue weighted by atomic mass is 10.1. The summed E-state index contributed by atoms with van der Waals surface area (Å²) < 4.78 is 0. The lowest BCUT2D eigenvalue weighted by Gasteiger charge is -2.12. The number of amidine groups is 1. The van der Waals surface area contributed by atoms with Crippen LogP contribution in [0.15, 0.2) is 54.6 Å². The highest BCUT2D eigenvalue weighted by Crippen LogP contribution is 2.10. The predicted molar refractivity (Wildman–Crippen MR) is 89.9 cm³/mol. The average molecular weight is 319 g/mol. The van der Waals surface area contributed by atoms with E-state index in [9.17, 15) is 4.79 Å². The molecule has 116 valence electrons. The Morgan fingerprint density at radius 3 is 2.23 bits per heavy atom. The normalized spacial score (nSPS) is 11.1. The van der Waals surface area contributed by atoms with Crippen LogP contribution in [0, 0.1) is 5.41 Å². The van der Waals surface area contributed by atoms with E-state index in [4.69, 9.17) is 16.9 Å². The monoisotopic (exact) mass is 318 g/mol. The third kappa shape index (κ3) is 4.58. The Hall–Kier alpha value is -2.37. The van der Waals surface area contributed by atoms with Gasteiger partial charge >= 0.3 is 0 Å². The van der Waals surface area contributed by atoms with Gasteiger partial charge in [-0.25, -0.2) is 0 Å². The number of halogens is 1. The number of nitrogens with one attached hydrogen (secondary N) is 2. The van der Waals surface area contributed by atoms with Crippen LogP contribution in [0.25, 0.3) is 0 Å². The summed E-state index contributed by atoms with van der Waals surface area (Å²) in [5.41, 5.74) is 13.7. The molecule has 2 rings (SSSR count). The minimum Gasteiger partial charge on any atom is -0.384 e. The van der Waals surface area contributed by atoms with E-state index >= 15 is 0 Å². The largest absolute Gasteiger partial charge is 0.384 e. The first kappa shape index (κ1) is 17.7. The highest BCUT2D eigenvalue weighted by atomic mass is 35.5. The Labute approximate surface area is 135 Å². The number of hydrogen-bond acceptors (Lipinski definition) is 3. The number of hydrogen-bond donors (Lipinski definition) is 4. The molecule has 0 aliphatic heterocycles. The fourth-order valence-electron chi connectivity index (χ4n) is 1.91. The molecule has 6 N–H and O–H groups in total. The molecule has 1 atom stereocenters. The summed E-state index contributed by atoms with van der Waals surface area (Å²) in [7, 11) is 0. The first-order valence-corrected chi connectivity index (χ1v) is 6.59. The van der Waals surface area contributed by atoms with Crippen molar-refractivity contribution in [2.45, 2.75) is 12.6 Å². The van der Waals surface area contributed by atoms with E-state index in [0.29, 0.717) is 12.1 Å². The van der Waals surface area contributed by atoms with Gasteiger partial charge in [0.2, 0.25) is 5.91 Å². The van der Waals surface area contributed by atoms with Crippen LogP contribution in [0.3, 0.4) is 0 Å². The molecule has 0 radical (unpaired) electrons. The van der Waals surface area contributed by atoms with Gasteiger partial charge in [-0.2, -0.15) is 0 Å². The van der Waals surface area contributed by atoms with Gasteiger partial charge in [-0.3, -0.25) is 10.2 Å². The van der Waals surface area contributed by atoms with Crippen LogP contribution in [0.4, 0.5) is 0 Å². The lowest BCUT2D eigenvalue weighted by molar-refractivity contribution is -0.122. The summed E-state index contributed by atoms with van der Waals surface area (Å²) in [6, 6.07) is 15.7. The number of nitrogen functional groups attached to an aromatic ring is 1. The average Bonchev–Trinajstić information content (AvgIpc) is 2.53. The summed E-state index contributed by atoms with van der Waals surface area (Å²) in [5, 5.41) is 10.1. The van der Waals surface area contributed by atoms with E-state index in [2.05, 4.69) is 5.32 Å². The maximum Gasteiger partial charge on any atom is 0.241 e. The number of nitrogens with two attached hydrogens (primary N) is 2. The molecule has 22 heavy (non-hydrogen) atoms. The maximum absolute atomic E-state index is 12.0. The minimum absolute atomic E-state index is 0. The van der Waals surface area contributed by atoms with Gasteiger partial charge in [0, 0.05) is 12.1 Å². The van der Waals surface area contributed by atoms with E-state index in [-0.39, 0.29) is 24.1 Å². The molecular formula is C16H19ClN4O. The highest BCUT2D eigenvalue weighted by molar-refractivity contribution is 5.94. The maximum atomic E-state index is 12.0. The molecule has 0 unspecified atom stereocenters. The van der Waals surface area contributed by atoms with Crippen molar-refractivity contribution >= 4 is 24.1 Å². The van der Waals surface area contributed by atoms with Gasteiger partial charge in [0.1, 0.15) is 11.9 Å². The Balaban J connectivity index is 0.00000242. The second-order valence-electron chi connectivity index (χ2n) is 4.72. The molecule has 0 fully saturated rings. The number of benzene rings is 2. The van der Waals surface area contributed by atoms with Gasteiger partial charge in [-0.05, 0) is 11.1 Å². The van der Waals surface area contributed by atoms with Crippen molar-refractivity contribution in [3.63, 3.8) is 0 Å². The Morgan fingerprint density at radius 2 is 1.68 bits per heavy atom. The predicted octanol–water partition coefficient (Wildman–Crippen LogP) is 1.71. The van der Waals surface area contributed by atoms with Crippen molar-refractivity contribution in [3.8, 4) is 0 Å². The van der Waals surface area contributed by atoms with E-state index in [1.165, 1.54) is 0 Å². The molecule has 6 heteroatoms. The zero-order valence-corrected chi connectivity index (χ0v) is 12.8. The van der Waals surface area contributed by atoms with Crippen LogP contribution in [-0.2, 0) is 11.3 Å². The molecule has 0 saturated heterocycles. The van der Waals surface area contributed by atoms with E-state index in [1.54, 1.807) is 12.1 Å². The van der Waals surface area contributed by atoms with Gasteiger partial charge in [0.05, 0.1) is 0 Å². The first-order valence-electron chi connectivity index (χ1n) is 6.59. The van der Waals surface area contributed by atoms with Crippen LogP contribution in [-0.4, -0.2) is 11.7 Å². The van der Waals surface area contributed by atoms with Gasteiger partial charge in [0.25, 0.3) is 0 Å². The molecule has 1 amide bonds. The summed E-state index contributed by atoms with van der Waals surface area (Å²) >= 11 is 0. The summed E-state index contributed by atoms with van der Waals surface area (Å²) in [5.74, 6) is -0.200. The fraction of sp³-hybridized carbons (Fsp3) is 0.125. The van der Waals surface area contributed by atoms with Crippen LogP contribution >= 0.6 is 12.4 Å². The van der Waals surface area contributed by atoms with Crippen molar-refractivity contribution in [2.75, 3.05) is 0 Å². The molecule has 0 saturated carbocycles. The van der Waals surface area contributed by atoms with Gasteiger partial charge in [-0.1, -0.05) is 54.6 Å². The SMILES string of the molecule is Cl.N=C(N)c1ccc(CNC(=O)[C@@H](N)c2ccccc2)cc1. The van der Waals surface area contributed by atoms with Crippen molar-refractivity contribution in [1.29, 1.82) is 5.41 Å². The minimum atomic E-state index is -0.678. The van der Waals surface area contributed by atoms with E-state index in [0.717, 1.165) is 11.1 Å². The third-order valence-electron chi connectivity index (χ3n) is 3.17. The van der Waals surface area contributed by atoms with Gasteiger partial charge < -0.3 is 16.8 Å². The van der Waals surface area contributed by atoms with Gasteiger partial charge in [-0.15, -0.1) is 12.4 Å². The Kier molecular flexibility index (Phi) is 6.56. The second kappa shape index (κ2) is 8.17. The molecule has 0 spiro atoms. The third-order valence-corrected chi connectivity index (χ3v) is 3.17. The number of carbonyl (C=O) groups is 1. The molecule has 0 aromatic heterocycles. The summed E-state index contributed by atoms with van der Waals surface area (Å²) in [6.45, 7) is 0.386. The van der Waals surface area contributed by atoms with Crippen molar-refractivity contribution < 1.29 is 4.79 Å². The zero-order valence-electron chi connectivity index (χ0n) is 12.0. The second-order valence-corrected chi connectivity index (χ2v) is 4.72. The number of carbonyl (C=O) groups excluding carboxylic acids is 1. The van der Waals surface area contributed by atoms with Crippen molar-refractivity contribution in [2.24, 2.45) is 11.5 Å². The molecule has 0 aliphatic rings. The standard InChI is InChI=1S/C16H18N4O.ClH/c17-14(12-4-2-1-3-5-12)16(21)20-10-11-6-8-13(9-7-11)15(18)19;/h1-9,14H,10,17H2,(H3,18,19)(H,20,21);1H/t14-;/m0./s1. The molecule has 2 aromatic carbocycles. The van der Waals surface area contributed by atoms with Crippen molar-refractivity contribution in [1.82, 2.24) is 5.32 Å². The molecular weight excluding hydrogens is 300 g/mol. The Morgan fingerprint density at radius 1 is 1.09 bits per heavy atom. The molecule has 5 nitrogen and oxygen atoms in total. The van der Waals surface area contributed by atoms with E-state index in [1.807, 2.05) is 42.5 Å². The molecule has 2 aromatic rings. The summed E-state index contributed by atoms with van der Waals surface area (Å²) in [6.07, 6.45) is 0. The molecule has 0 aliphatic carbocycles. The topological polar surface area (TPSA) is 105 Å². The van der Waals surface area contributed by atoms with Crippen LogP contribution < -0.4 is 16.8 Å². The van der Waals surface area contributed by atoms with Crippen molar-refractivity contribution in [3.05, 3.63) is 71.3 Å². The zero-order chi connectivity index (χ0) is 15.2. The lowest BCUT2D eigenvalue weighted by Crippen LogP contribution is -2.33. The quantitative estimate of drug-likeness (QED) is 0.498.